The Hall–Kier alpha value is -3.48. The minimum absolute atomic E-state index is 0.537. The molecule has 7 heteroatoms. The Kier molecular flexibility index (Phi) is 5.84. The van der Waals surface area contributed by atoms with Crippen LogP contribution in [0.5, 0.6) is 17.2 Å². The number of nitrogens with one attached hydrogen (secondary N) is 2. The number of aromatic nitrogens is 2. The highest BCUT2D eigenvalue weighted by Gasteiger charge is 2.13. The number of benzene rings is 2. The maximum atomic E-state index is 5.39. The number of hydrogen-bond donors (Lipinski definition) is 2. The van der Waals surface area contributed by atoms with Crippen LogP contribution in [0.25, 0.3) is 0 Å². The topological polar surface area (TPSA) is 77.5 Å². The van der Waals surface area contributed by atoms with Crippen LogP contribution < -0.4 is 24.8 Å². The summed E-state index contributed by atoms with van der Waals surface area (Å²) in [7, 11) is 4.73. The molecule has 0 spiro atoms. The van der Waals surface area contributed by atoms with E-state index in [4.69, 9.17) is 14.2 Å². The lowest BCUT2D eigenvalue weighted by molar-refractivity contribution is 0.324. The quantitative estimate of drug-likeness (QED) is 0.620. The summed E-state index contributed by atoms with van der Waals surface area (Å²) >= 11 is 0. The Morgan fingerprint density at radius 1 is 0.643 bits per heavy atom. The standard InChI is InChI=1S/C21H24N4O3/c1-13-6-14(2)8-15(7-13)24-19-11-20(23-12-22-19)25-16-9-17(26-3)21(28-5)18(10-16)27-4/h6-12H,1-5H3,(H2,22,23,24,25). The molecule has 0 fully saturated rings. The molecule has 7 nitrogen and oxygen atoms in total. The van der Waals surface area contributed by atoms with Crippen molar-refractivity contribution in [2.45, 2.75) is 13.8 Å². The smallest absolute Gasteiger partial charge is 0.203 e. The van der Waals surface area contributed by atoms with E-state index in [-0.39, 0.29) is 0 Å². The molecule has 0 bridgehead atoms. The highest BCUT2D eigenvalue weighted by molar-refractivity contribution is 5.68. The van der Waals surface area contributed by atoms with E-state index >= 15 is 0 Å². The summed E-state index contributed by atoms with van der Waals surface area (Å²) in [6.45, 7) is 4.13. The molecule has 0 saturated carbocycles. The van der Waals surface area contributed by atoms with Crippen LogP contribution in [0.4, 0.5) is 23.0 Å². The Balaban J connectivity index is 1.85. The molecule has 3 rings (SSSR count). The summed E-state index contributed by atoms with van der Waals surface area (Å²) in [6.07, 6.45) is 1.51. The summed E-state index contributed by atoms with van der Waals surface area (Å²) in [4.78, 5) is 8.59. The SMILES string of the molecule is COc1cc(Nc2cc(Nc3cc(C)cc(C)c3)ncn2)cc(OC)c1OC. The van der Waals surface area contributed by atoms with Gasteiger partial charge in [-0.15, -0.1) is 0 Å². The van der Waals surface area contributed by atoms with Gasteiger partial charge in [-0.1, -0.05) is 6.07 Å². The van der Waals surface area contributed by atoms with E-state index < -0.39 is 0 Å². The van der Waals surface area contributed by atoms with Crippen molar-refractivity contribution in [1.82, 2.24) is 9.97 Å². The second-order valence-corrected chi connectivity index (χ2v) is 6.33. The first-order valence-corrected chi connectivity index (χ1v) is 8.76. The van der Waals surface area contributed by atoms with Crippen molar-refractivity contribution in [3.8, 4) is 17.2 Å². The first-order valence-electron chi connectivity index (χ1n) is 8.76. The molecule has 2 N–H and O–H groups in total. The van der Waals surface area contributed by atoms with Gasteiger partial charge in [-0.25, -0.2) is 9.97 Å². The van der Waals surface area contributed by atoms with Crippen LogP contribution in [0.15, 0.2) is 42.7 Å². The highest BCUT2D eigenvalue weighted by Crippen LogP contribution is 2.40. The molecule has 0 aliphatic carbocycles. The molecule has 0 amide bonds. The van der Waals surface area contributed by atoms with Gasteiger partial charge in [0.2, 0.25) is 5.75 Å². The third-order valence-electron chi connectivity index (χ3n) is 4.10. The average Bonchev–Trinajstić information content (AvgIpc) is 2.66. The maximum Gasteiger partial charge on any atom is 0.203 e. The zero-order valence-corrected chi connectivity index (χ0v) is 16.7. The molecule has 146 valence electrons. The molecule has 3 aromatic rings. The third kappa shape index (κ3) is 4.43. The Morgan fingerprint density at radius 3 is 1.61 bits per heavy atom. The highest BCUT2D eigenvalue weighted by atomic mass is 16.5. The van der Waals surface area contributed by atoms with Crippen molar-refractivity contribution < 1.29 is 14.2 Å². The van der Waals surface area contributed by atoms with Crippen LogP contribution in [0.3, 0.4) is 0 Å². The lowest BCUT2D eigenvalue weighted by atomic mass is 10.1. The van der Waals surface area contributed by atoms with Crippen molar-refractivity contribution in [3.05, 3.63) is 53.9 Å². The molecule has 0 saturated heterocycles. The number of aryl methyl sites for hydroxylation is 2. The van der Waals surface area contributed by atoms with Crippen LogP contribution in [-0.2, 0) is 0 Å². The summed E-state index contributed by atoms with van der Waals surface area (Å²) in [5.74, 6) is 2.99. The normalized spacial score (nSPS) is 10.3. The van der Waals surface area contributed by atoms with Gasteiger partial charge in [0.15, 0.2) is 11.5 Å². The van der Waals surface area contributed by atoms with Crippen molar-refractivity contribution in [2.75, 3.05) is 32.0 Å². The minimum atomic E-state index is 0.537. The van der Waals surface area contributed by atoms with E-state index in [0.29, 0.717) is 28.9 Å². The number of rotatable bonds is 7. The fourth-order valence-corrected chi connectivity index (χ4v) is 2.99. The summed E-state index contributed by atoms with van der Waals surface area (Å²) in [5, 5.41) is 6.56. The van der Waals surface area contributed by atoms with Crippen molar-refractivity contribution in [1.29, 1.82) is 0 Å². The molecule has 0 unspecified atom stereocenters. The summed E-state index contributed by atoms with van der Waals surface area (Å²) in [6, 6.07) is 11.7. The van der Waals surface area contributed by atoms with Gasteiger partial charge in [-0.05, 0) is 37.1 Å². The largest absolute Gasteiger partial charge is 0.493 e. The predicted octanol–water partition coefficient (Wildman–Crippen LogP) is 4.61. The number of nitrogens with zero attached hydrogens (tertiary/aromatic N) is 2. The zero-order valence-electron chi connectivity index (χ0n) is 16.7. The number of hydrogen-bond acceptors (Lipinski definition) is 7. The molecule has 0 aliphatic heterocycles. The number of anilines is 4. The Bertz CT molecular complexity index is 930. The summed E-state index contributed by atoms with van der Waals surface area (Å²) in [5.41, 5.74) is 4.11. The van der Waals surface area contributed by atoms with Crippen LogP contribution in [0.2, 0.25) is 0 Å². The molecule has 28 heavy (non-hydrogen) atoms. The van der Waals surface area contributed by atoms with Gasteiger partial charge in [-0.3, -0.25) is 0 Å². The van der Waals surface area contributed by atoms with Crippen LogP contribution in [0, 0.1) is 13.8 Å². The molecule has 1 aromatic heterocycles. The van der Waals surface area contributed by atoms with Gasteiger partial charge in [0.25, 0.3) is 0 Å². The van der Waals surface area contributed by atoms with Crippen LogP contribution >= 0.6 is 0 Å². The molecule has 0 radical (unpaired) electrons. The second-order valence-electron chi connectivity index (χ2n) is 6.33. The van der Waals surface area contributed by atoms with Gasteiger partial charge < -0.3 is 24.8 Å². The van der Waals surface area contributed by atoms with E-state index in [0.717, 1.165) is 11.4 Å². The zero-order chi connectivity index (χ0) is 20.1. The first kappa shape index (κ1) is 19.3. The van der Waals surface area contributed by atoms with Crippen LogP contribution in [-0.4, -0.2) is 31.3 Å². The predicted molar refractivity (Wildman–Crippen MR) is 111 cm³/mol. The van der Waals surface area contributed by atoms with Gasteiger partial charge in [0.05, 0.1) is 21.3 Å². The van der Waals surface area contributed by atoms with Crippen molar-refractivity contribution in [2.24, 2.45) is 0 Å². The van der Waals surface area contributed by atoms with Crippen molar-refractivity contribution in [3.63, 3.8) is 0 Å². The fraction of sp³-hybridized carbons (Fsp3) is 0.238. The number of methoxy groups -OCH3 is 3. The average molecular weight is 380 g/mol. The third-order valence-corrected chi connectivity index (χ3v) is 4.10. The molecule has 0 atom stereocenters. The Labute approximate surface area is 164 Å². The number of ether oxygens (including phenoxy) is 3. The second kappa shape index (κ2) is 8.47. The Morgan fingerprint density at radius 2 is 1.14 bits per heavy atom. The monoisotopic (exact) mass is 380 g/mol. The van der Waals surface area contributed by atoms with Gasteiger partial charge >= 0.3 is 0 Å². The molecular formula is C21H24N4O3. The van der Waals surface area contributed by atoms with Gasteiger partial charge in [-0.2, -0.15) is 0 Å². The molecule has 1 heterocycles. The molecular weight excluding hydrogens is 356 g/mol. The van der Waals surface area contributed by atoms with Crippen molar-refractivity contribution >= 4 is 23.0 Å². The lowest BCUT2D eigenvalue weighted by Gasteiger charge is -2.15. The van der Waals surface area contributed by atoms with E-state index in [1.54, 1.807) is 21.3 Å². The summed E-state index contributed by atoms with van der Waals surface area (Å²) < 4.78 is 16.1. The molecule has 2 aromatic carbocycles. The van der Waals surface area contributed by atoms with Crippen LogP contribution in [0.1, 0.15) is 11.1 Å². The minimum Gasteiger partial charge on any atom is -0.493 e. The van der Waals surface area contributed by atoms with E-state index in [2.05, 4.69) is 52.6 Å². The molecule has 0 aliphatic rings. The van der Waals surface area contributed by atoms with Gasteiger partial charge in [0.1, 0.15) is 18.0 Å². The fourth-order valence-electron chi connectivity index (χ4n) is 2.99. The first-order chi connectivity index (χ1) is 13.5. The maximum absolute atomic E-state index is 5.39. The van der Waals surface area contributed by atoms with E-state index in [9.17, 15) is 0 Å². The van der Waals surface area contributed by atoms with E-state index in [1.807, 2.05) is 18.2 Å². The van der Waals surface area contributed by atoms with E-state index in [1.165, 1.54) is 17.5 Å². The lowest BCUT2D eigenvalue weighted by Crippen LogP contribution is -2.00. The van der Waals surface area contributed by atoms with Gasteiger partial charge in [0, 0.05) is 29.6 Å².